The van der Waals surface area contributed by atoms with Gasteiger partial charge in [0.2, 0.25) is 5.91 Å². The molecule has 0 fully saturated rings. The molecular weight excluding hydrogens is 178 g/mol. The molecule has 0 heterocycles. The van der Waals surface area contributed by atoms with Gasteiger partial charge in [0.25, 0.3) is 0 Å². The molecule has 0 aliphatic carbocycles. The molecule has 1 unspecified atom stereocenters. The molecule has 14 heavy (non-hydrogen) atoms. The average molecular weight is 201 g/mol. The van der Waals surface area contributed by atoms with Crippen LogP contribution in [0.4, 0.5) is 0 Å². The Labute approximate surface area is 87.2 Å². The van der Waals surface area contributed by atoms with E-state index in [1.165, 1.54) is 0 Å². The molecule has 0 rings (SSSR count). The van der Waals surface area contributed by atoms with E-state index in [9.17, 15) is 4.79 Å². The third kappa shape index (κ3) is 6.89. The molecule has 3 nitrogen and oxygen atoms in total. The Kier molecular flexibility index (Phi) is 5.77. The standard InChI is InChI=1S/C11H23NO2/c1-9(12-10(2)13)7-6-8-11(3,4)14-5/h9H,6-8H2,1-5H3,(H,12,13). The van der Waals surface area contributed by atoms with Crippen LogP contribution in [0.5, 0.6) is 0 Å². The molecule has 0 aliphatic heterocycles. The monoisotopic (exact) mass is 201 g/mol. The lowest BCUT2D eigenvalue weighted by atomic mass is 9.99. The molecule has 0 aromatic heterocycles. The maximum atomic E-state index is 10.7. The second-order valence-corrected chi connectivity index (χ2v) is 4.46. The van der Waals surface area contributed by atoms with E-state index >= 15 is 0 Å². The molecule has 0 aliphatic rings. The van der Waals surface area contributed by atoms with E-state index in [-0.39, 0.29) is 17.6 Å². The normalized spacial score (nSPS) is 13.8. The van der Waals surface area contributed by atoms with E-state index in [0.29, 0.717) is 0 Å². The molecule has 0 saturated carbocycles. The summed E-state index contributed by atoms with van der Waals surface area (Å²) in [6.07, 6.45) is 3.10. The van der Waals surface area contributed by atoms with Crippen LogP contribution in [0.3, 0.4) is 0 Å². The molecule has 0 radical (unpaired) electrons. The van der Waals surface area contributed by atoms with Crippen molar-refractivity contribution in [3.8, 4) is 0 Å². The number of hydrogen-bond donors (Lipinski definition) is 1. The van der Waals surface area contributed by atoms with Crippen LogP contribution in [0, 0.1) is 0 Å². The summed E-state index contributed by atoms with van der Waals surface area (Å²) in [5.41, 5.74) is -0.0457. The quantitative estimate of drug-likeness (QED) is 0.714. The van der Waals surface area contributed by atoms with Crippen molar-refractivity contribution in [1.29, 1.82) is 0 Å². The van der Waals surface area contributed by atoms with Crippen LogP contribution in [-0.4, -0.2) is 24.7 Å². The lowest BCUT2D eigenvalue weighted by Crippen LogP contribution is -2.31. The second kappa shape index (κ2) is 6.02. The predicted octanol–water partition coefficient (Wildman–Crippen LogP) is 2.11. The van der Waals surface area contributed by atoms with Gasteiger partial charge in [-0.2, -0.15) is 0 Å². The smallest absolute Gasteiger partial charge is 0.217 e. The van der Waals surface area contributed by atoms with E-state index in [1.54, 1.807) is 14.0 Å². The van der Waals surface area contributed by atoms with Gasteiger partial charge in [-0.25, -0.2) is 0 Å². The van der Waals surface area contributed by atoms with E-state index < -0.39 is 0 Å². The largest absolute Gasteiger partial charge is 0.379 e. The molecule has 3 heteroatoms. The van der Waals surface area contributed by atoms with Gasteiger partial charge < -0.3 is 10.1 Å². The van der Waals surface area contributed by atoms with Gasteiger partial charge in [0, 0.05) is 20.1 Å². The Hall–Kier alpha value is -0.570. The zero-order valence-corrected chi connectivity index (χ0v) is 10.0. The fourth-order valence-corrected chi connectivity index (χ4v) is 1.36. The van der Waals surface area contributed by atoms with Crippen LogP contribution in [0.15, 0.2) is 0 Å². The number of carbonyl (C=O) groups excluding carboxylic acids is 1. The third-order valence-electron chi connectivity index (χ3n) is 2.42. The van der Waals surface area contributed by atoms with Crippen molar-refractivity contribution in [2.45, 2.75) is 58.6 Å². The van der Waals surface area contributed by atoms with Gasteiger partial charge in [0.1, 0.15) is 0 Å². The molecule has 0 bridgehead atoms. The maximum Gasteiger partial charge on any atom is 0.217 e. The summed E-state index contributed by atoms with van der Waals surface area (Å²) in [5.74, 6) is 0.0449. The molecule has 0 aromatic carbocycles. The summed E-state index contributed by atoms with van der Waals surface area (Å²) in [5, 5.41) is 2.87. The Bertz CT molecular complexity index is 178. The number of amides is 1. The summed E-state index contributed by atoms with van der Waals surface area (Å²) in [4.78, 5) is 10.7. The molecule has 84 valence electrons. The van der Waals surface area contributed by atoms with Crippen LogP contribution < -0.4 is 5.32 Å². The van der Waals surface area contributed by atoms with Gasteiger partial charge in [-0.05, 0) is 40.0 Å². The topological polar surface area (TPSA) is 38.3 Å². The minimum atomic E-state index is -0.0457. The van der Waals surface area contributed by atoms with Crippen molar-refractivity contribution in [2.24, 2.45) is 0 Å². The first-order valence-electron chi connectivity index (χ1n) is 5.19. The number of hydrogen-bond acceptors (Lipinski definition) is 2. The first-order chi connectivity index (χ1) is 6.37. The fourth-order valence-electron chi connectivity index (χ4n) is 1.36. The van der Waals surface area contributed by atoms with Crippen LogP contribution in [0.2, 0.25) is 0 Å². The molecule has 1 amide bonds. The molecule has 0 saturated heterocycles. The summed E-state index contributed by atoms with van der Waals surface area (Å²) in [6.45, 7) is 7.74. The highest BCUT2D eigenvalue weighted by molar-refractivity contribution is 5.73. The molecule has 1 atom stereocenters. The third-order valence-corrected chi connectivity index (χ3v) is 2.42. The zero-order valence-electron chi connectivity index (χ0n) is 10.0. The first kappa shape index (κ1) is 13.4. The van der Waals surface area contributed by atoms with Crippen molar-refractivity contribution < 1.29 is 9.53 Å². The first-order valence-corrected chi connectivity index (χ1v) is 5.19. The Morgan fingerprint density at radius 1 is 1.50 bits per heavy atom. The van der Waals surface area contributed by atoms with Gasteiger partial charge in [0.05, 0.1) is 5.60 Å². The van der Waals surface area contributed by atoms with Crippen LogP contribution in [0.1, 0.15) is 47.0 Å². The van der Waals surface area contributed by atoms with E-state index in [1.807, 2.05) is 6.92 Å². The highest BCUT2D eigenvalue weighted by Crippen LogP contribution is 2.17. The number of ether oxygens (including phenoxy) is 1. The van der Waals surface area contributed by atoms with Crippen molar-refractivity contribution in [2.75, 3.05) is 7.11 Å². The molecular formula is C11H23NO2. The van der Waals surface area contributed by atoms with E-state index in [4.69, 9.17) is 4.74 Å². The van der Waals surface area contributed by atoms with Crippen LogP contribution in [-0.2, 0) is 9.53 Å². The number of nitrogens with one attached hydrogen (secondary N) is 1. The SMILES string of the molecule is COC(C)(C)CCCC(C)NC(C)=O. The minimum absolute atomic E-state index is 0.0449. The summed E-state index contributed by atoms with van der Waals surface area (Å²) < 4.78 is 5.31. The minimum Gasteiger partial charge on any atom is -0.379 e. The number of carbonyl (C=O) groups is 1. The van der Waals surface area contributed by atoms with Gasteiger partial charge in [-0.15, -0.1) is 0 Å². The van der Waals surface area contributed by atoms with Crippen molar-refractivity contribution >= 4 is 5.91 Å². The fraction of sp³-hybridized carbons (Fsp3) is 0.909. The van der Waals surface area contributed by atoms with E-state index in [2.05, 4.69) is 19.2 Å². The summed E-state index contributed by atoms with van der Waals surface area (Å²) >= 11 is 0. The predicted molar refractivity (Wildman–Crippen MR) is 58.2 cm³/mol. The molecule has 0 aromatic rings. The number of rotatable bonds is 6. The lowest BCUT2D eigenvalue weighted by Gasteiger charge is -2.23. The Morgan fingerprint density at radius 2 is 2.07 bits per heavy atom. The van der Waals surface area contributed by atoms with Crippen molar-refractivity contribution in [3.63, 3.8) is 0 Å². The number of methoxy groups -OCH3 is 1. The van der Waals surface area contributed by atoms with Gasteiger partial charge in [-0.3, -0.25) is 4.79 Å². The van der Waals surface area contributed by atoms with Gasteiger partial charge >= 0.3 is 0 Å². The van der Waals surface area contributed by atoms with Crippen molar-refractivity contribution in [1.82, 2.24) is 5.32 Å². The lowest BCUT2D eigenvalue weighted by molar-refractivity contribution is -0.119. The van der Waals surface area contributed by atoms with Crippen molar-refractivity contribution in [3.05, 3.63) is 0 Å². The molecule has 1 N–H and O–H groups in total. The Morgan fingerprint density at radius 3 is 2.50 bits per heavy atom. The van der Waals surface area contributed by atoms with Gasteiger partial charge in [-0.1, -0.05) is 0 Å². The highest BCUT2D eigenvalue weighted by Gasteiger charge is 2.16. The van der Waals surface area contributed by atoms with Crippen LogP contribution in [0.25, 0.3) is 0 Å². The Balaban J connectivity index is 3.58. The molecule has 0 spiro atoms. The highest BCUT2D eigenvalue weighted by atomic mass is 16.5. The summed E-state index contributed by atoms with van der Waals surface area (Å²) in [6, 6.07) is 0.264. The average Bonchev–Trinajstić information content (AvgIpc) is 2.02. The van der Waals surface area contributed by atoms with E-state index in [0.717, 1.165) is 19.3 Å². The van der Waals surface area contributed by atoms with Crippen LogP contribution >= 0.6 is 0 Å². The zero-order chi connectivity index (χ0) is 11.2. The summed E-state index contributed by atoms with van der Waals surface area (Å²) in [7, 11) is 1.73. The second-order valence-electron chi connectivity index (χ2n) is 4.46. The van der Waals surface area contributed by atoms with Gasteiger partial charge in [0.15, 0.2) is 0 Å². The maximum absolute atomic E-state index is 10.7.